The highest BCUT2D eigenvalue weighted by Crippen LogP contribution is 2.25. The second-order valence-corrected chi connectivity index (χ2v) is 4.08. The van der Waals surface area contributed by atoms with Gasteiger partial charge in [0.1, 0.15) is 5.82 Å². The van der Waals surface area contributed by atoms with Crippen molar-refractivity contribution in [2.45, 2.75) is 0 Å². The van der Waals surface area contributed by atoms with Crippen molar-refractivity contribution in [1.29, 1.82) is 0 Å². The number of methoxy groups -OCH3 is 2. The molecule has 0 fully saturated rings. The minimum atomic E-state index is -0.682. The molecule has 0 spiro atoms. The lowest BCUT2D eigenvalue weighted by Crippen LogP contribution is -2.09. The van der Waals surface area contributed by atoms with Crippen LogP contribution in [0.4, 0.5) is 4.39 Å². The molecule has 0 N–H and O–H groups in total. The molecule has 104 valence electrons. The van der Waals surface area contributed by atoms with Crippen molar-refractivity contribution in [1.82, 2.24) is 9.97 Å². The van der Waals surface area contributed by atoms with Crippen LogP contribution in [0.25, 0.3) is 0 Å². The number of ether oxygens (including phenoxy) is 2. The van der Waals surface area contributed by atoms with Gasteiger partial charge in [0, 0.05) is 5.56 Å². The molecule has 20 heavy (non-hydrogen) atoms. The Balaban J connectivity index is 2.50. The van der Waals surface area contributed by atoms with Gasteiger partial charge in [-0.15, -0.1) is 0 Å². The molecule has 0 saturated heterocycles. The van der Waals surface area contributed by atoms with Crippen LogP contribution in [-0.4, -0.2) is 30.0 Å². The molecule has 0 unspecified atom stereocenters. The fraction of sp³-hybridized carbons (Fsp3) is 0.154. The molecule has 2 rings (SSSR count). The Labute approximate surface area is 119 Å². The molecule has 0 saturated carbocycles. The Morgan fingerprint density at radius 2 is 2.05 bits per heavy atom. The van der Waals surface area contributed by atoms with Crippen molar-refractivity contribution in [3.05, 3.63) is 46.5 Å². The Bertz CT molecular complexity index is 664. The van der Waals surface area contributed by atoms with Crippen LogP contribution in [0.1, 0.15) is 16.1 Å². The molecule has 2 aromatic rings. The van der Waals surface area contributed by atoms with E-state index in [1.165, 1.54) is 32.5 Å². The second kappa shape index (κ2) is 5.83. The first kappa shape index (κ1) is 14.2. The summed E-state index contributed by atoms with van der Waals surface area (Å²) in [7, 11) is 2.75. The topological polar surface area (TPSA) is 61.3 Å². The van der Waals surface area contributed by atoms with Crippen LogP contribution < -0.4 is 9.47 Å². The minimum absolute atomic E-state index is 0.00978. The Hall–Kier alpha value is -2.21. The molecular weight excluding hydrogens is 287 g/mol. The summed E-state index contributed by atoms with van der Waals surface area (Å²) in [5, 5.41) is -0.267. The SMILES string of the molecule is COc1cnc(C(=O)c2cccc(F)c2Cl)c(OC)n1. The molecule has 1 aromatic heterocycles. The molecule has 7 heteroatoms. The fourth-order valence-electron chi connectivity index (χ4n) is 1.56. The Morgan fingerprint density at radius 1 is 1.30 bits per heavy atom. The highest BCUT2D eigenvalue weighted by molar-refractivity contribution is 6.35. The molecule has 0 atom stereocenters. The van der Waals surface area contributed by atoms with E-state index in [2.05, 4.69) is 9.97 Å². The molecule has 1 heterocycles. The van der Waals surface area contributed by atoms with Crippen molar-refractivity contribution in [3.63, 3.8) is 0 Å². The molecular formula is C13H10ClFN2O3. The number of carbonyl (C=O) groups is 1. The molecule has 0 bridgehead atoms. The van der Waals surface area contributed by atoms with E-state index in [4.69, 9.17) is 21.1 Å². The number of rotatable bonds is 4. The zero-order chi connectivity index (χ0) is 14.7. The van der Waals surface area contributed by atoms with Gasteiger partial charge in [0.2, 0.25) is 17.5 Å². The average molecular weight is 297 g/mol. The maximum absolute atomic E-state index is 13.4. The maximum atomic E-state index is 13.4. The summed E-state index contributed by atoms with van der Waals surface area (Å²) < 4.78 is 23.3. The van der Waals surface area contributed by atoms with Crippen molar-refractivity contribution >= 4 is 17.4 Å². The molecule has 0 amide bonds. The zero-order valence-electron chi connectivity index (χ0n) is 10.7. The van der Waals surface area contributed by atoms with Gasteiger partial charge >= 0.3 is 0 Å². The van der Waals surface area contributed by atoms with Gasteiger partial charge in [-0.25, -0.2) is 9.37 Å². The smallest absolute Gasteiger partial charge is 0.247 e. The van der Waals surface area contributed by atoms with E-state index < -0.39 is 11.6 Å². The number of hydrogen-bond acceptors (Lipinski definition) is 5. The molecule has 0 aliphatic heterocycles. The molecule has 1 aromatic carbocycles. The van der Waals surface area contributed by atoms with Crippen molar-refractivity contribution < 1.29 is 18.7 Å². The molecule has 0 aliphatic carbocycles. The van der Waals surface area contributed by atoms with E-state index in [1.807, 2.05) is 0 Å². The van der Waals surface area contributed by atoms with Crippen molar-refractivity contribution in [2.24, 2.45) is 0 Å². The van der Waals surface area contributed by atoms with E-state index in [9.17, 15) is 9.18 Å². The summed E-state index contributed by atoms with van der Waals surface area (Å²) in [5.74, 6) is -1.09. The van der Waals surface area contributed by atoms with Gasteiger partial charge in [0.25, 0.3) is 0 Å². The molecule has 0 aliphatic rings. The normalized spacial score (nSPS) is 10.2. The average Bonchev–Trinajstić information content (AvgIpc) is 2.48. The van der Waals surface area contributed by atoms with Gasteiger partial charge in [-0.2, -0.15) is 4.98 Å². The number of halogens is 2. The van der Waals surface area contributed by atoms with Crippen LogP contribution in [0.3, 0.4) is 0 Å². The van der Waals surface area contributed by atoms with Gasteiger partial charge in [0.05, 0.1) is 25.4 Å². The summed E-state index contributed by atoms with van der Waals surface area (Å²) in [4.78, 5) is 20.2. The van der Waals surface area contributed by atoms with Gasteiger partial charge in [0.15, 0.2) is 5.69 Å². The van der Waals surface area contributed by atoms with Crippen LogP contribution >= 0.6 is 11.6 Å². The third-order valence-electron chi connectivity index (χ3n) is 2.53. The van der Waals surface area contributed by atoms with E-state index in [-0.39, 0.29) is 28.0 Å². The number of hydrogen-bond donors (Lipinski definition) is 0. The van der Waals surface area contributed by atoms with Gasteiger partial charge in [-0.1, -0.05) is 17.7 Å². The summed E-state index contributed by atoms with van der Waals surface area (Å²) in [5.41, 5.74) is -0.0785. The minimum Gasteiger partial charge on any atom is -0.480 e. The second-order valence-electron chi connectivity index (χ2n) is 3.70. The Morgan fingerprint density at radius 3 is 2.70 bits per heavy atom. The predicted octanol–water partition coefficient (Wildman–Crippen LogP) is 2.52. The zero-order valence-corrected chi connectivity index (χ0v) is 11.4. The van der Waals surface area contributed by atoms with Crippen molar-refractivity contribution in [2.75, 3.05) is 14.2 Å². The number of benzene rings is 1. The summed E-state index contributed by atoms with van der Waals surface area (Å²) >= 11 is 5.78. The van der Waals surface area contributed by atoms with E-state index >= 15 is 0 Å². The first-order chi connectivity index (χ1) is 9.58. The first-order valence-electron chi connectivity index (χ1n) is 5.52. The number of aromatic nitrogens is 2. The number of ketones is 1. The van der Waals surface area contributed by atoms with Crippen LogP contribution in [0, 0.1) is 5.82 Å². The van der Waals surface area contributed by atoms with E-state index in [1.54, 1.807) is 0 Å². The van der Waals surface area contributed by atoms with Crippen LogP contribution in [-0.2, 0) is 0 Å². The third kappa shape index (κ3) is 2.55. The maximum Gasteiger partial charge on any atom is 0.247 e. The summed E-state index contributed by atoms with van der Waals surface area (Å²) in [6.45, 7) is 0. The van der Waals surface area contributed by atoms with Crippen LogP contribution in [0.5, 0.6) is 11.8 Å². The van der Waals surface area contributed by atoms with Gasteiger partial charge in [-0.05, 0) is 12.1 Å². The lowest BCUT2D eigenvalue weighted by molar-refractivity contribution is 0.103. The number of carbonyl (C=O) groups excluding carboxylic acids is 1. The van der Waals surface area contributed by atoms with Gasteiger partial charge in [-0.3, -0.25) is 4.79 Å². The summed E-state index contributed by atoms with van der Waals surface area (Å²) in [6, 6.07) is 3.95. The van der Waals surface area contributed by atoms with E-state index in [0.29, 0.717) is 0 Å². The van der Waals surface area contributed by atoms with Gasteiger partial charge < -0.3 is 9.47 Å². The van der Waals surface area contributed by atoms with Crippen LogP contribution in [0.15, 0.2) is 24.4 Å². The molecule has 0 radical (unpaired) electrons. The van der Waals surface area contributed by atoms with Crippen molar-refractivity contribution in [3.8, 4) is 11.8 Å². The quantitative estimate of drug-likeness (QED) is 0.811. The predicted molar refractivity (Wildman–Crippen MR) is 70.0 cm³/mol. The van der Waals surface area contributed by atoms with Crippen LogP contribution in [0.2, 0.25) is 5.02 Å². The van der Waals surface area contributed by atoms with E-state index in [0.717, 1.165) is 6.07 Å². The highest BCUT2D eigenvalue weighted by atomic mass is 35.5. The monoisotopic (exact) mass is 296 g/mol. The summed E-state index contributed by atoms with van der Waals surface area (Å²) in [6.07, 6.45) is 1.27. The standard InChI is InChI=1S/C13H10ClFN2O3/c1-19-9-6-16-11(13(17-9)20-2)12(18)7-4-3-5-8(15)10(7)14/h3-6H,1-2H3. The lowest BCUT2D eigenvalue weighted by Gasteiger charge is -2.08. The third-order valence-corrected chi connectivity index (χ3v) is 2.92. The Kier molecular flexibility index (Phi) is 4.14. The first-order valence-corrected chi connectivity index (χ1v) is 5.90. The highest BCUT2D eigenvalue weighted by Gasteiger charge is 2.22. The fourth-order valence-corrected chi connectivity index (χ4v) is 1.77. The number of nitrogens with zero attached hydrogens (tertiary/aromatic N) is 2. The largest absolute Gasteiger partial charge is 0.480 e. The lowest BCUT2D eigenvalue weighted by atomic mass is 10.1. The molecule has 5 nitrogen and oxygen atoms in total.